The zero-order chi connectivity index (χ0) is 27.8. The minimum atomic E-state index is -4.06. The Labute approximate surface area is 222 Å². The predicted octanol–water partition coefficient (Wildman–Crippen LogP) is 3.07. The van der Waals surface area contributed by atoms with Gasteiger partial charge in [0, 0.05) is 23.4 Å². The number of hydrogen-bond donors (Lipinski definition) is 4. The Morgan fingerprint density at radius 1 is 1.13 bits per heavy atom. The first-order valence-corrected chi connectivity index (χ1v) is 13.9. The highest BCUT2D eigenvalue weighted by molar-refractivity contribution is 7.92. The van der Waals surface area contributed by atoms with Crippen LogP contribution in [0.15, 0.2) is 35.2 Å². The molecule has 3 unspecified atom stereocenters. The summed E-state index contributed by atoms with van der Waals surface area (Å²) in [7, 11) is -4.06. The van der Waals surface area contributed by atoms with E-state index in [0.29, 0.717) is 25.0 Å². The van der Waals surface area contributed by atoms with E-state index >= 15 is 0 Å². The molecule has 13 heteroatoms. The molecule has 0 aromatic heterocycles. The fraction of sp³-hybridized carbons (Fsp3) is 0.480. The van der Waals surface area contributed by atoms with E-state index in [1.807, 2.05) is 0 Å². The SMILES string of the molecule is O=C(Nc1cc(F)c(F)c(F)c1)c1ccc(Cl)c(S(=O)(=O)C2CC3CCC(C2)C3(O)COCC(O)CO)c1. The zero-order valence-corrected chi connectivity index (χ0v) is 21.6. The average molecular weight is 578 g/mol. The molecule has 0 spiro atoms. The Morgan fingerprint density at radius 2 is 1.74 bits per heavy atom. The molecule has 2 saturated carbocycles. The number of carbonyl (C=O) groups excluding carboxylic acids is 1. The van der Waals surface area contributed by atoms with E-state index in [1.54, 1.807) is 0 Å². The number of halogens is 4. The molecule has 2 fully saturated rings. The van der Waals surface area contributed by atoms with Crippen molar-refractivity contribution in [2.75, 3.05) is 25.1 Å². The predicted molar refractivity (Wildman–Crippen MR) is 131 cm³/mol. The van der Waals surface area contributed by atoms with Crippen LogP contribution < -0.4 is 5.32 Å². The van der Waals surface area contributed by atoms with E-state index in [9.17, 15) is 36.6 Å². The molecule has 208 valence electrons. The van der Waals surface area contributed by atoms with Crippen LogP contribution in [0.5, 0.6) is 0 Å². The summed E-state index contributed by atoms with van der Waals surface area (Å²) >= 11 is 6.21. The minimum Gasteiger partial charge on any atom is -0.394 e. The molecule has 2 aromatic rings. The number of fused-ring (bicyclic) bond motifs is 2. The van der Waals surface area contributed by atoms with Crippen LogP contribution in [-0.2, 0) is 14.6 Å². The molecule has 2 aliphatic rings. The molecule has 8 nitrogen and oxygen atoms in total. The van der Waals surface area contributed by atoms with Crippen molar-refractivity contribution in [1.82, 2.24) is 0 Å². The number of sulfone groups is 1. The maximum atomic E-state index is 13.6. The number of hydrogen-bond acceptors (Lipinski definition) is 7. The van der Waals surface area contributed by atoms with Crippen LogP contribution in [0.25, 0.3) is 0 Å². The summed E-state index contributed by atoms with van der Waals surface area (Å²) in [6, 6.07) is 4.73. The topological polar surface area (TPSA) is 133 Å². The molecule has 0 saturated heterocycles. The Kier molecular flexibility index (Phi) is 8.41. The van der Waals surface area contributed by atoms with Crippen molar-refractivity contribution >= 4 is 33.0 Å². The molecule has 1 amide bonds. The molecule has 38 heavy (non-hydrogen) atoms. The standard InChI is InChI=1S/C25H27ClF3NO7S/c26-19-4-1-13(24(33)30-16-8-20(27)23(29)21(28)9-16)5-22(19)38(35,36)18-6-14-2-3-15(7-18)25(14,34)12-37-11-17(32)10-31/h1,4-5,8-9,14-15,17-18,31-32,34H,2-3,6-7,10-12H2,(H,30,33). The second kappa shape index (κ2) is 11.1. The molecule has 3 atom stereocenters. The first-order valence-electron chi connectivity index (χ1n) is 11.9. The number of nitrogens with one attached hydrogen (secondary N) is 1. The first kappa shape index (κ1) is 28.8. The van der Waals surface area contributed by atoms with Crippen LogP contribution in [0.4, 0.5) is 18.9 Å². The Morgan fingerprint density at radius 3 is 2.32 bits per heavy atom. The molecule has 2 aromatic carbocycles. The van der Waals surface area contributed by atoms with Gasteiger partial charge in [0.2, 0.25) is 0 Å². The van der Waals surface area contributed by atoms with Gasteiger partial charge < -0.3 is 25.4 Å². The van der Waals surface area contributed by atoms with Crippen molar-refractivity contribution in [3.8, 4) is 0 Å². The summed E-state index contributed by atoms with van der Waals surface area (Å²) < 4.78 is 72.8. The van der Waals surface area contributed by atoms with Crippen molar-refractivity contribution in [1.29, 1.82) is 0 Å². The minimum absolute atomic E-state index is 0.104. The van der Waals surface area contributed by atoms with Gasteiger partial charge in [0.15, 0.2) is 27.3 Å². The molecular formula is C25H27ClF3NO7S. The molecular weight excluding hydrogens is 551 g/mol. The maximum Gasteiger partial charge on any atom is 0.255 e. The van der Waals surface area contributed by atoms with Gasteiger partial charge in [-0.3, -0.25) is 4.79 Å². The number of ether oxygens (including phenoxy) is 1. The Bertz CT molecular complexity index is 1290. The number of rotatable bonds is 9. The number of benzene rings is 2. The van der Waals surface area contributed by atoms with Gasteiger partial charge in [-0.25, -0.2) is 21.6 Å². The van der Waals surface area contributed by atoms with E-state index in [0.717, 1.165) is 6.07 Å². The van der Waals surface area contributed by atoms with Gasteiger partial charge in [-0.15, -0.1) is 0 Å². The summed E-state index contributed by atoms with van der Waals surface area (Å²) in [5.74, 6) is -6.35. The summed E-state index contributed by atoms with van der Waals surface area (Å²) in [5, 5.41) is 30.9. The average Bonchev–Trinajstić information content (AvgIpc) is 3.02. The smallest absolute Gasteiger partial charge is 0.255 e. The summed E-state index contributed by atoms with van der Waals surface area (Å²) in [4.78, 5) is 12.4. The molecule has 2 aliphatic carbocycles. The van der Waals surface area contributed by atoms with E-state index < -0.39 is 56.8 Å². The molecule has 0 aliphatic heterocycles. The van der Waals surface area contributed by atoms with Crippen LogP contribution in [0, 0.1) is 29.3 Å². The third kappa shape index (κ3) is 5.56. The van der Waals surface area contributed by atoms with Gasteiger partial charge in [0.1, 0.15) is 6.10 Å². The fourth-order valence-corrected chi connectivity index (χ4v) is 7.79. The lowest BCUT2D eigenvalue weighted by atomic mass is 9.75. The normalized spacial score (nSPS) is 25.8. The molecule has 4 N–H and O–H groups in total. The van der Waals surface area contributed by atoms with Crippen molar-refractivity contribution in [2.45, 2.75) is 47.5 Å². The van der Waals surface area contributed by atoms with E-state index in [2.05, 4.69) is 5.32 Å². The third-order valence-corrected chi connectivity index (χ3v) is 10.1. The van der Waals surface area contributed by atoms with E-state index in [4.69, 9.17) is 21.4 Å². The van der Waals surface area contributed by atoms with Gasteiger partial charge in [-0.1, -0.05) is 11.6 Å². The molecule has 4 rings (SSSR count). The van der Waals surface area contributed by atoms with Crippen molar-refractivity contribution in [3.05, 3.63) is 58.4 Å². The fourth-order valence-electron chi connectivity index (χ4n) is 5.38. The van der Waals surface area contributed by atoms with Gasteiger partial charge in [0.05, 0.1) is 40.6 Å². The first-order chi connectivity index (χ1) is 17.9. The quantitative estimate of drug-likeness (QED) is 0.337. The van der Waals surface area contributed by atoms with Crippen molar-refractivity contribution < 1.29 is 46.4 Å². The largest absolute Gasteiger partial charge is 0.394 e. The zero-order valence-electron chi connectivity index (χ0n) is 20.0. The number of aliphatic hydroxyl groups excluding tert-OH is 2. The second-order valence-corrected chi connectivity index (χ2v) is 12.4. The monoisotopic (exact) mass is 577 g/mol. The summed E-state index contributed by atoms with van der Waals surface area (Å²) in [6.45, 7) is -0.754. The number of amides is 1. The van der Waals surface area contributed by atoms with Gasteiger partial charge in [0.25, 0.3) is 5.91 Å². The summed E-state index contributed by atoms with van der Waals surface area (Å²) in [6.07, 6.45) is 0.338. The lowest BCUT2D eigenvalue weighted by Crippen LogP contribution is -2.51. The number of anilines is 1. The second-order valence-electron chi connectivity index (χ2n) is 9.81. The van der Waals surface area contributed by atoms with Crippen molar-refractivity contribution in [2.24, 2.45) is 11.8 Å². The van der Waals surface area contributed by atoms with Crippen LogP contribution in [0.2, 0.25) is 5.02 Å². The lowest BCUT2D eigenvalue weighted by Gasteiger charge is -2.42. The molecule has 0 radical (unpaired) electrons. The molecule has 2 bridgehead atoms. The Balaban J connectivity index is 1.52. The highest BCUT2D eigenvalue weighted by Crippen LogP contribution is 2.52. The van der Waals surface area contributed by atoms with E-state index in [-0.39, 0.29) is 59.1 Å². The van der Waals surface area contributed by atoms with Gasteiger partial charge in [-0.2, -0.15) is 0 Å². The lowest BCUT2D eigenvalue weighted by molar-refractivity contribution is -0.125. The summed E-state index contributed by atoms with van der Waals surface area (Å²) in [5.41, 5.74) is -1.78. The highest BCUT2D eigenvalue weighted by atomic mass is 35.5. The number of aliphatic hydroxyl groups is 3. The number of carbonyl (C=O) groups is 1. The van der Waals surface area contributed by atoms with Crippen LogP contribution >= 0.6 is 11.6 Å². The maximum absolute atomic E-state index is 13.6. The third-order valence-electron chi connectivity index (χ3n) is 7.41. The Hall–Kier alpha value is -2.22. The van der Waals surface area contributed by atoms with E-state index in [1.165, 1.54) is 12.1 Å². The van der Waals surface area contributed by atoms with Gasteiger partial charge >= 0.3 is 0 Å². The van der Waals surface area contributed by atoms with Crippen molar-refractivity contribution in [3.63, 3.8) is 0 Å². The molecule has 0 heterocycles. The van der Waals surface area contributed by atoms with Crippen LogP contribution in [0.3, 0.4) is 0 Å². The highest BCUT2D eigenvalue weighted by Gasteiger charge is 2.55. The van der Waals surface area contributed by atoms with Crippen LogP contribution in [0.1, 0.15) is 36.0 Å². The van der Waals surface area contributed by atoms with Crippen LogP contribution in [-0.4, -0.2) is 66.4 Å². The van der Waals surface area contributed by atoms with Gasteiger partial charge in [-0.05, 0) is 55.7 Å².